The molecule has 0 aliphatic carbocycles. The number of rotatable bonds is 2. The maximum atomic E-state index is 12.9. The number of anilines is 2. The van der Waals surface area contributed by atoms with Crippen LogP contribution in [0.1, 0.15) is 11.3 Å². The first kappa shape index (κ1) is 22.4. The van der Waals surface area contributed by atoms with Crippen molar-refractivity contribution in [2.24, 2.45) is 0 Å². The van der Waals surface area contributed by atoms with Gasteiger partial charge in [0.1, 0.15) is 24.1 Å². The molecule has 10 heteroatoms. The molecule has 3 heterocycles. The first-order valence-corrected chi connectivity index (χ1v) is 11.5. The van der Waals surface area contributed by atoms with Gasteiger partial charge in [-0.1, -0.05) is 27.9 Å². The lowest BCUT2D eigenvalue weighted by Gasteiger charge is -2.20. The van der Waals surface area contributed by atoms with Crippen LogP contribution < -0.4 is 20.3 Å². The van der Waals surface area contributed by atoms with Crippen molar-refractivity contribution in [2.75, 3.05) is 23.9 Å². The predicted octanol–water partition coefficient (Wildman–Crippen LogP) is 3.44. The molecular formula is C25H19BrN6O3. The maximum absolute atomic E-state index is 12.9. The highest BCUT2D eigenvalue weighted by Crippen LogP contribution is 2.33. The average Bonchev–Trinajstić information content (AvgIpc) is 3.24. The molecule has 0 fully saturated rings. The van der Waals surface area contributed by atoms with Gasteiger partial charge in [-0.25, -0.2) is 14.3 Å². The number of imidazole rings is 1. The summed E-state index contributed by atoms with van der Waals surface area (Å²) < 4.78 is 8.25. The molecule has 1 aliphatic heterocycles. The Morgan fingerprint density at radius 1 is 1.17 bits per heavy atom. The highest BCUT2D eigenvalue weighted by atomic mass is 79.9. The second-order valence-corrected chi connectivity index (χ2v) is 8.65. The molecule has 0 radical (unpaired) electrons. The number of hydrogen-bond acceptors (Lipinski definition) is 5. The Labute approximate surface area is 209 Å². The quantitative estimate of drug-likeness (QED) is 0.386. The van der Waals surface area contributed by atoms with E-state index in [0.29, 0.717) is 34.0 Å². The lowest BCUT2D eigenvalue weighted by atomic mass is 10.2. The number of fused-ring (bicyclic) bond motifs is 2. The van der Waals surface area contributed by atoms with Gasteiger partial charge in [0, 0.05) is 29.0 Å². The maximum Gasteiger partial charge on any atom is 0.320 e. The van der Waals surface area contributed by atoms with Crippen molar-refractivity contribution in [3.05, 3.63) is 82.7 Å². The van der Waals surface area contributed by atoms with Gasteiger partial charge in [0.2, 0.25) is 0 Å². The third kappa shape index (κ3) is 4.81. The SMILES string of the molecule is CN1C(=O)[C@H](NC(=O)Nc2cccc(C#Cc3cnc4cccnn34)c2)COc2ccc(Br)cc21. The second kappa shape index (κ2) is 9.48. The molecule has 0 saturated heterocycles. The van der Waals surface area contributed by atoms with E-state index in [0.717, 1.165) is 4.47 Å². The van der Waals surface area contributed by atoms with E-state index >= 15 is 0 Å². The van der Waals surface area contributed by atoms with E-state index in [9.17, 15) is 9.59 Å². The van der Waals surface area contributed by atoms with Crippen LogP contribution in [0.3, 0.4) is 0 Å². The number of amides is 3. The summed E-state index contributed by atoms with van der Waals surface area (Å²) in [6, 6.07) is 14.8. The number of carbonyl (C=O) groups excluding carboxylic acids is 2. The number of nitrogens with zero attached hydrogens (tertiary/aromatic N) is 4. The molecule has 0 unspecified atom stereocenters. The minimum atomic E-state index is -0.850. The van der Waals surface area contributed by atoms with Crippen molar-refractivity contribution in [3.8, 4) is 17.6 Å². The van der Waals surface area contributed by atoms with E-state index in [1.807, 2.05) is 24.3 Å². The van der Waals surface area contributed by atoms with Crippen molar-refractivity contribution >= 4 is 44.9 Å². The van der Waals surface area contributed by atoms with Crippen molar-refractivity contribution < 1.29 is 14.3 Å². The molecule has 3 amide bonds. The minimum Gasteiger partial charge on any atom is -0.489 e. The van der Waals surface area contributed by atoms with Crippen LogP contribution in [0, 0.1) is 11.8 Å². The summed E-state index contributed by atoms with van der Waals surface area (Å²) in [7, 11) is 1.65. The molecule has 5 rings (SSSR count). The molecule has 0 saturated carbocycles. The van der Waals surface area contributed by atoms with Gasteiger partial charge in [0.25, 0.3) is 5.91 Å². The number of aromatic nitrogens is 3. The Balaban J connectivity index is 1.26. The lowest BCUT2D eigenvalue weighted by Crippen LogP contribution is -2.50. The highest BCUT2D eigenvalue weighted by molar-refractivity contribution is 9.10. The number of urea groups is 1. The van der Waals surface area contributed by atoms with Crippen molar-refractivity contribution in [2.45, 2.75) is 6.04 Å². The summed E-state index contributed by atoms with van der Waals surface area (Å²) in [5.41, 5.74) is 3.22. The Hall–Kier alpha value is -4.36. The van der Waals surface area contributed by atoms with Crippen LogP contribution in [0.5, 0.6) is 5.75 Å². The van der Waals surface area contributed by atoms with Crippen molar-refractivity contribution in [1.82, 2.24) is 19.9 Å². The monoisotopic (exact) mass is 530 g/mol. The molecule has 1 atom stereocenters. The minimum absolute atomic E-state index is 0.0179. The molecule has 0 spiro atoms. The van der Waals surface area contributed by atoms with E-state index in [1.54, 1.807) is 54.3 Å². The fraction of sp³-hybridized carbons (Fsp3) is 0.120. The van der Waals surface area contributed by atoms with Gasteiger partial charge in [-0.05, 0) is 54.5 Å². The van der Waals surface area contributed by atoms with Gasteiger partial charge >= 0.3 is 6.03 Å². The van der Waals surface area contributed by atoms with Crippen LogP contribution in [0.15, 0.2) is 71.5 Å². The summed E-state index contributed by atoms with van der Waals surface area (Å²) in [4.78, 5) is 31.3. The van der Waals surface area contributed by atoms with Crippen LogP contribution in [0.2, 0.25) is 0 Å². The van der Waals surface area contributed by atoms with Crippen molar-refractivity contribution in [3.63, 3.8) is 0 Å². The molecule has 9 nitrogen and oxygen atoms in total. The molecule has 4 aromatic rings. The highest BCUT2D eigenvalue weighted by Gasteiger charge is 2.30. The van der Waals surface area contributed by atoms with Gasteiger partial charge in [-0.15, -0.1) is 0 Å². The van der Waals surface area contributed by atoms with Gasteiger partial charge in [-0.2, -0.15) is 5.10 Å². The average molecular weight is 531 g/mol. The lowest BCUT2D eigenvalue weighted by molar-refractivity contribution is -0.120. The number of likely N-dealkylation sites (N-methyl/N-ethyl adjacent to an activating group) is 1. The summed E-state index contributed by atoms with van der Waals surface area (Å²) in [6.07, 6.45) is 3.33. The number of halogens is 1. The molecule has 0 bridgehead atoms. The van der Waals surface area contributed by atoms with Crippen LogP contribution in [0.25, 0.3) is 5.65 Å². The van der Waals surface area contributed by atoms with E-state index in [4.69, 9.17) is 4.74 Å². The largest absolute Gasteiger partial charge is 0.489 e. The number of nitrogens with one attached hydrogen (secondary N) is 2. The van der Waals surface area contributed by atoms with Gasteiger partial charge < -0.3 is 20.3 Å². The normalized spacial score (nSPS) is 14.9. The number of carbonyl (C=O) groups is 2. The summed E-state index contributed by atoms with van der Waals surface area (Å²) >= 11 is 3.40. The van der Waals surface area contributed by atoms with Crippen LogP contribution in [-0.4, -0.2) is 46.2 Å². The van der Waals surface area contributed by atoms with Gasteiger partial charge in [0.05, 0.1) is 11.9 Å². The Bertz CT molecular complexity index is 1510. The smallest absolute Gasteiger partial charge is 0.320 e. The first-order valence-electron chi connectivity index (χ1n) is 10.7. The van der Waals surface area contributed by atoms with Gasteiger partial charge in [0.15, 0.2) is 5.65 Å². The fourth-order valence-corrected chi connectivity index (χ4v) is 3.97. The standard InChI is InChI=1S/C25H19BrN6O3/c1-31-21-13-17(26)8-10-22(21)35-15-20(24(31)33)30-25(34)29-18-5-2-4-16(12-18)7-9-19-14-27-23-6-3-11-28-32(19)23/h2-6,8,10-14,20H,15H2,1H3,(H2,29,30,34)/t20-/m1/s1. The summed E-state index contributed by atoms with van der Waals surface area (Å²) in [6.45, 7) is 0.0179. The van der Waals surface area contributed by atoms with Crippen molar-refractivity contribution in [1.29, 1.82) is 0 Å². The Kier molecular flexibility index (Phi) is 6.08. The Morgan fingerprint density at radius 2 is 2.06 bits per heavy atom. The summed E-state index contributed by atoms with van der Waals surface area (Å²) in [5.74, 6) is 6.40. The molecule has 1 aliphatic rings. The van der Waals surface area contributed by atoms with E-state index in [1.165, 1.54) is 4.90 Å². The van der Waals surface area contributed by atoms with Crippen LogP contribution in [0.4, 0.5) is 16.2 Å². The summed E-state index contributed by atoms with van der Waals surface area (Å²) in [5, 5.41) is 9.70. The molecule has 2 aromatic heterocycles. The molecule has 2 aromatic carbocycles. The van der Waals surface area contributed by atoms with Gasteiger partial charge in [-0.3, -0.25) is 4.79 Å². The third-order valence-corrected chi connectivity index (χ3v) is 5.85. The van der Waals surface area contributed by atoms with E-state index < -0.39 is 12.1 Å². The molecule has 2 N–H and O–H groups in total. The zero-order chi connectivity index (χ0) is 24.4. The van der Waals surface area contributed by atoms with Crippen LogP contribution >= 0.6 is 15.9 Å². The molecule has 35 heavy (non-hydrogen) atoms. The van der Waals surface area contributed by atoms with E-state index in [2.05, 4.69) is 48.5 Å². The number of benzene rings is 2. The van der Waals surface area contributed by atoms with E-state index in [-0.39, 0.29) is 12.5 Å². The number of hydrogen-bond donors (Lipinski definition) is 2. The Morgan fingerprint density at radius 3 is 2.94 bits per heavy atom. The van der Waals surface area contributed by atoms with Crippen LogP contribution in [-0.2, 0) is 4.79 Å². The molecule has 174 valence electrons. The third-order valence-electron chi connectivity index (χ3n) is 5.35. The number of ether oxygens (including phenoxy) is 1. The molecular weight excluding hydrogens is 512 g/mol. The zero-order valence-electron chi connectivity index (χ0n) is 18.5. The predicted molar refractivity (Wildman–Crippen MR) is 134 cm³/mol. The fourth-order valence-electron chi connectivity index (χ4n) is 3.63. The topological polar surface area (TPSA) is 101 Å². The first-order chi connectivity index (χ1) is 17.0. The zero-order valence-corrected chi connectivity index (χ0v) is 20.1. The second-order valence-electron chi connectivity index (χ2n) is 7.74.